The predicted molar refractivity (Wildman–Crippen MR) is 124 cm³/mol. The number of rotatable bonds is 11. The zero-order valence-corrected chi connectivity index (χ0v) is 18.8. The lowest BCUT2D eigenvalue weighted by Gasteiger charge is -2.17. The van der Waals surface area contributed by atoms with Crippen molar-refractivity contribution in [2.45, 2.75) is 32.4 Å². The highest BCUT2D eigenvalue weighted by atomic mass is 19.1. The van der Waals surface area contributed by atoms with Crippen LogP contribution in [-0.2, 0) is 24.3 Å². The van der Waals surface area contributed by atoms with Gasteiger partial charge < -0.3 is 10.4 Å². The van der Waals surface area contributed by atoms with E-state index in [2.05, 4.69) is 5.32 Å². The van der Waals surface area contributed by atoms with Crippen molar-refractivity contribution in [3.63, 3.8) is 0 Å². The van der Waals surface area contributed by atoms with Gasteiger partial charge in [0.05, 0.1) is 19.7 Å². The van der Waals surface area contributed by atoms with Crippen molar-refractivity contribution < 1.29 is 18.7 Å². The Labute approximate surface area is 195 Å². The molecule has 0 aliphatic heterocycles. The van der Waals surface area contributed by atoms with Crippen LogP contribution in [0.2, 0.25) is 0 Å². The van der Waals surface area contributed by atoms with Crippen molar-refractivity contribution in [3.8, 4) is 0 Å². The largest absolute Gasteiger partial charge is 0.395 e. The van der Waals surface area contributed by atoms with Crippen molar-refractivity contribution in [1.29, 1.82) is 0 Å². The molecule has 2 aromatic carbocycles. The first-order valence-corrected chi connectivity index (χ1v) is 11.0. The maximum Gasteiger partial charge on any atom is 0.331 e. The molecule has 0 saturated carbocycles. The molecular weight excluding hydrogens is 444 g/mol. The second-order valence-electron chi connectivity index (χ2n) is 8.11. The summed E-state index contributed by atoms with van der Waals surface area (Å²) >= 11 is 0. The van der Waals surface area contributed by atoms with E-state index in [-0.39, 0.29) is 55.5 Å². The molecular formula is C25H27F2N3O4. The van der Waals surface area contributed by atoms with Crippen LogP contribution < -0.4 is 16.6 Å². The molecule has 0 radical (unpaired) electrons. The summed E-state index contributed by atoms with van der Waals surface area (Å²) in [6.45, 7) is 1.47. The topological polar surface area (TPSA) is 93.3 Å². The fourth-order valence-corrected chi connectivity index (χ4v) is 3.71. The Morgan fingerprint density at radius 2 is 1.74 bits per heavy atom. The van der Waals surface area contributed by atoms with Crippen molar-refractivity contribution in [2.24, 2.45) is 0 Å². The molecule has 1 aromatic heterocycles. The van der Waals surface area contributed by atoms with Gasteiger partial charge in [0.25, 0.3) is 5.56 Å². The van der Waals surface area contributed by atoms with Crippen LogP contribution in [0.3, 0.4) is 0 Å². The van der Waals surface area contributed by atoms with E-state index in [9.17, 15) is 23.2 Å². The Hall–Kier alpha value is -3.43. The fraction of sp³-hybridized carbons (Fsp3) is 0.320. The molecule has 0 fully saturated rings. The second kappa shape index (κ2) is 11.6. The number of ketones is 1. The standard InChI is InChI=1S/C25H27F2N3O4/c1-17(18-6-3-2-4-7-18)14-30-24(33)19(12-20(32)13-28-10-11-31)15-29(25(30)34)16-21-22(26)8-5-9-23(21)27/h2-9,15,17,28,31H,10-14,16H2,1H3/t17-/m0/s1. The van der Waals surface area contributed by atoms with Crippen molar-refractivity contribution in [1.82, 2.24) is 14.5 Å². The summed E-state index contributed by atoms with van der Waals surface area (Å²) in [5.41, 5.74) is -0.686. The fourth-order valence-electron chi connectivity index (χ4n) is 3.71. The minimum Gasteiger partial charge on any atom is -0.395 e. The van der Waals surface area contributed by atoms with Crippen molar-refractivity contribution in [3.05, 3.63) is 104 Å². The molecule has 180 valence electrons. The van der Waals surface area contributed by atoms with Crippen LogP contribution >= 0.6 is 0 Å². The number of hydrogen-bond donors (Lipinski definition) is 2. The van der Waals surface area contributed by atoms with Crippen LogP contribution in [0.25, 0.3) is 0 Å². The van der Waals surface area contributed by atoms with E-state index >= 15 is 0 Å². The molecule has 2 N–H and O–H groups in total. The van der Waals surface area contributed by atoms with E-state index in [1.54, 1.807) is 0 Å². The zero-order chi connectivity index (χ0) is 24.7. The van der Waals surface area contributed by atoms with Gasteiger partial charge in [0.15, 0.2) is 5.78 Å². The van der Waals surface area contributed by atoms with Gasteiger partial charge >= 0.3 is 5.69 Å². The van der Waals surface area contributed by atoms with Gasteiger partial charge in [-0.2, -0.15) is 0 Å². The highest BCUT2D eigenvalue weighted by Gasteiger charge is 2.19. The maximum atomic E-state index is 14.3. The van der Waals surface area contributed by atoms with Crippen molar-refractivity contribution in [2.75, 3.05) is 19.7 Å². The van der Waals surface area contributed by atoms with Gasteiger partial charge in [-0.05, 0) is 23.6 Å². The predicted octanol–water partition coefficient (Wildman–Crippen LogP) is 1.83. The lowest BCUT2D eigenvalue weighted by atomic mass is 10.0. The van der Waals surface area contributed by atoms with Crippen LogP contribution in [0.15, 0.2) is 64.3 Å². The molecule has 0 bridgehead atoms. The van der Waals surface area contributed by atoms with Gasteiger partial charge in [-0.1, -0.05) is 43.3 Å². The van der Waals surface area contributed by atoms with Crippen LogP contribution in [0.1, 0.15) is 29.5 Å². The summed E-state index contributed by atoms with van der Waals surface area (Å²) in [6, 6.07) is 12.7. The number of benzene rings is 2. The van der Waals surface area contributed by atoms with Crippen LogP contribution in [0.5, 0.6) is 0 Å². The third-order valence-electron chi connectivity index (χ3n) is 5.52. The van der Waals surface area contributed by atoms with Crippen molar-refractivity contribution >= 4 is 5.78 Å². The van der Waals surface area contributed by atoms with Gasteiger partial charge in [-0.15, -0.1) is 0 Å². The Morgan fingerprint density at radius 1 is 1.06 bits per heavy atom. The number of aliphatic hydroxyl groups is 1. The number of nitrogens with zero attached hydrogens (tertiary/aromatic N) is 2. The molecule has 3 rings (SSSR count). The number of carbonyl (C=O) groups excluding carboxylic acids is 1. The van der Waals surface area contributed by atoms with E-state index in [0.717, 1.165) is 26.8 Å². The third kappa shape index (κ3) is 6.12. The molecule has 1 heterocycles. The number of nitrogens with one attached hydrogen (secondary N) is 1. The number of aliphatic hydroxyl groups excluding tert-OH is 1. The quantitative estimate of drug-likeness (QED) is 0.417. The Balaban J connectivity index is 2.02. The summed E-state index contributed by atoms with van der Waals surface area (Å²) in [6.07, 6.45) is 0.932. The summed E-state index contributed by atoms with van der Waals surface area (Å²) in [5.74, 6) is -2.15. The van der Waals surface area contributed by atoms with Gasteiger partial charge in [-0.25, -0.2) is 13.6 Å². The van der Waals surface area contributed by atoms with E-state index in [0.29, 0.717) is 0 Å². The molecule has 0 aliphatic carbocycles. The monoisotopic (exact) mass is 471 g/mol. The zero-order valence-electron chi connectivity index (χ0n) is 18.8. The first-order chi connectivity index (χ1) is 16.3. The van der Waals surface area contributed by atoms with E-state index in [1.165, 1.54) is 12.3 Å². The molecule has 34 heavy (non-hydrogen) atoms. The lowest BCUT2D eigenvalue weighted by Crippen LogP contribution is -2.43. The van der Waals surface area contributed by atoms with Gasteiger partial charge in [0.1, 0.15) is 11.6 Å². The van der Waals surface area contributed by atoms with E-state index < -0.39 is 29.4 Å². The van der Waals surface area contributed by atoms with Gasteiger partial charge in [0.2, 0.25) is 0 Å². The average molecular weight is 472 g/mol. The first-order valence-electron chi connectivity index (χ1n) is 11.0. The second-order valence-corrected chi connectivity index (χ2v) is 8.11. The molecule has 3 aromatic rings. The molecule has 0 saturated heterocycles. The number of hydrogen-bond acceptors (Lipinski definition) is 5. The molecule has 0 aliphatic rings. The Morgan fingerprint density at radius 3 is 2.38 bits per heavy atom. The minimum atomic E-state index is -0.812. The van der Waals surface area contributed by atoms with E-state index in [1.807, 2.05) is 37.3 Å². The van der Waals surface area contributed by atoms with Gasteiger partial charge in [0, 0.05) is 36.8 Å². The average Bonchev–Trinajstić information content (AvgIpc) is 2.82. The Bertz CT molecular complexity index is 1240. The van der Waals surface area contributed by atoms with Gasteiger partial charge in [-0.3, -0.25) is 18.7 Å². The SMILES string of the molecule is C[C@@H](Cn1c(=O)c(CC(=O)CNCCO)cn(Cc2c(F)cccc2F)c1=O)c1ccccc1. The van der Waals surface area contributed by atoms with Crippen LogP contribution in [0.4, 0.5) is 8.78 Å². The highest BCUT2D eigenvalue weighted by Crippen LogP contribution is 2.16. The van der Waals surface area contributed by atoms with Crippen LogP contribution in [0, 0.1) is 11.6 Å². The summed E-state index contributed by atoms with van der Waals surface area (Å²) < 4.78 is 30.6. The molecule has 1 atom stereocenters. The van der Waals surface area contributed by atoms with Crippen LogP contribution in [-0.4, -0.2) is 39.7 Å². The first kappa shape index (κ1) is 25.2. The minimum absolute atomic E-state index is 0.0340. The number of Topliss-reactive ketones (excluding diaryl/α,β-unsaturated/α-hetero) is 1. The molecule has 0 amide bonds. The smallest absolute Gasteiger partial charge is 0.331 e. The normalized spacial score (nSPS) is 12.0. The lowest BCUT2D eigenvalue weighted by molar-refractivity contribution is -0.117. The highest BCUT2D eigenvalue weighted by molar-refractivity contribution is 5.82. The molecule has 9 heteroatoms. The third-order valence-corrected chi connectivity index (χ3v) is 5.52. The Kier molecular flexibility index (Phi) is 8.61. The number of halogens is 2. The number of carbonyl (C=O) groups is 1. The summed E-state index contributed by atoms with van der Waals surface area (Å²) in [7, 11) is 0. The maximum absolute atomic E-state index is 14.3. The summed E-state index contributed by atoms with van der Waals surface area (Å²) in [5, 5.41) is 11.6. The van der Waals surface area contributed by atoms with E-state index in [4.69, 9.17) is 5.11 Å². The molecule has 0 spiro atoms. The molecule has 7 nitrogen and oxygen atoms in total. The number of aromatic nitrogens is 2. The molecule has 0 unspecified atom stereocenters. The summed E-state index contributed by atoms with van der Waals surface area (Å²) in [4.78, 5) is 38.7.